The molecule has 0 spiro atoms. The summed E-state index contributed by atoms with van der Waals surface area (Å²) in [5.74, 6) is 0. The van der Waals surface area contributed by atoms with Gasteiger partial charge in [-0.3, -0.25) is 0 Å². The van der Waals surface area contributed by atoms with Crippen LogP contribution in [0, 0.1) is 0 Å². The molecule has 2 heteroatoms. The standard InChI is InChI=1S/C36H27OP/c1-38(2,37)26-21-19-24(20-22-26)35-30-15-7-9-17-32(30)36(33-18-10-8-16-31(33)35)34-23-25-11-3-4-12-27(25)28-13-5-6-14-29(28)34/h3-23H,1-2H3. The summed E-state index contributed by atoms with van der Waals surface area (Å²) in [5, 5.41) is 10.9. The van der Waals surface area contributed by atoms with Gasteiger partial charge in [0.15, 0.2) is 0 Å². The first-order valence-corrected chi connectivity index (χ1v) is 15.6. The van der Waals surface area contributed by atoms with E-state index in [1.807, 2.05) is 25.5 Å². The van der Waals surface area contributed by atoms with Crippen LogP contribution in [0.5, 0.6) is 0 Å². The predicted octanol–water partition coefficient (Wildman–Crippen LogP) is 9.88. The Labute approximate surface area is 222 Å². The molecule has 0 aliphatic rings. The fourth-order valence-corrected chi connectivity index (χ4v) is 6.84. The van der Waals surface area contributed by atoms with Crippen molar-refractivity contribution in [3.05, 3.63) is 127 Å². The quantitative estimate of drug-likeness (QED) is 0.132. The minimum atomic E-state index is -2.32. The molecule has 0 saturated heterocycles. The normalized spacial score (nSPS) is 12.1. The molecule has 0 radical (unpaired) electrons. The number of rotatable bonds is 3. The molecule has 7 aromatic rings. The number of hydrogen-bond donors (Lipinski definition) is 0. The lowest BCUT2D eigenvalue weighted by molar-refractivity contribution is 0.588. The maximum absolute atomic E-state index is 12.7. The molecular weight excluding hydrogens is 479 g/mol. The fraction of sp³-hybridized carbons (Fsp3) is 0.0556. The predicted molar refractivity (Wildman–Crippen MR) is 166 cm³/mol. The van der Waals surface area contributed by atoms with E-state index in [-0.39, 0.29) is 0 Å². The van der Waals surface area contributed by atoms with E-state index < -0.39 is 7.14 Å². The number of fused-ring (bicyclic) bond motifs is 5. The van der Waals surface area contributed by atoms with Gasteiger partial charge in [-0.1, -0.05) is 121 Å². The molecule has 0 fully saturated rings. The van der Waals surface area contributed by atoms with Crippen LogP contribution in [0.3, 0.4) is 0 Å². The van der Waals surface area contributed by atoms with Crippen molar-refractivity contribution in [2.75, 3.05) is 13.3 Å². The summed E-state index contributed by atoms with van der Waals surface area (Å²) in [7, 11) is -2.32. The molecule has 38 heavy (non-hydrogen) atoms. The zero-order valence-electron chi connectivity index (χ0n) is 21.5. The Morgan fingerprint density at radius 3 is 1.45 bits per heavy atom. The van der Waals surface area contributed by atoms with Crippen molar-refractivity contribution >= 4 is 55.5 Å². The van der Waals surface area contributed by atoms with Crippen LogP contribution in [-0.4, -0.2) is 13.3 Å². The van der Waals surface area contributed by atoms with Crippen LogP contribution < -0.4 is 5.30 Å². The summed E-state index contributed by atoms with van der Waals surface area (Å²) >= 11 is 0. The van der Waals surface area contributed by atoms with Gasteiger partial charge in [0, 0.05) is 5.30 Å². The van der Waals surface area contributed by atoms with Crippen molar-refractivity contribution in [2.24, 2.45) is 0 Å². The highest BCUT2D eigenvalue weighted by Gasteiger charge is 2.19. The number of hydrogen-bond acceptors (Lipinski definition) is 1. The molecule has 0 bridgehead atoms. The van der Waals surface area contributed by atoms with Crippen molar-refractivity contribution in [2.45, 2.75) is 0 Å². The highest BCUT2D eigenvalue weighted by Crippen LogP contribution is 2.46. The molecule has 0 N–H and O–H groups in total. The lowest BCUT2D eigenvalue weighted by Crippen LogP contribution is -2.01. The Kier molecular flexibility index (Phi) is 5.25. The summed E-state index contributed by atoms with van der Waals surface area (Å²) < 4.78 is 12.7. The van der Waals surface area contributed by atoms with Crippen LogP contribution in [0.2, 0.25) is 0 Å². The van der Waals surface area contributed by atoms with E-state index in [9.17, 15) is 4.57 Å². The van der Waals surface area contributed by atoms with Crippen molar-refractivity contribution < 1.29 is 4.57 Å². The van der Waals surface area contributed by atoms with E-state index in [2.05, 4.69) is 115 Å². The van der Waals surface area contributed by atoms with Crippen LogP contribution in [0.25, 0.3) is 65.3 Å². The second-order valence-corrected chi connectivity index (χ2v) is 13.6. The van der Waals surface area contributed by atoms with Gasteiger partial charge in [-0.2, -0.15) is 0 Å². The lowest BCUT2D eigenvalue weighted by atomic mass is 9.84. The minimum Gasteiger partial charge on any atom is -0.319 e. The molecule has 1 nitrogen and oxygen atoms in total. The Balaban J connectivity index is 1.63. The minimum absolute atomic E-state index is 0.911. The second kappa shape index (κ2) is 8.69. The van der Waals surface area contributed by atoms with E-state index in [0.717, 1.165) is 10.9 Å². The van der Waals surface area contributed by atoms with Crippen molar-refractivity contribution in [3.8, 4) is 22.3 Å². The first-order valence-electron chi connectivity index (χ1n) is 13.0. The van der Waals surface area contributed by atoms with Crippen LogP contribution in [0.1, 0.15) is 0 Å². The first-order chi connectivity index (χ1) is 18.5. The monoisotopic (exact) mass is 506 g/mol. The molecule has 0 heterocycles. The Bertz CT molecular complexity index is 2010. The Morgan fingerprint density at radius 1 is 0.447 bits per heavy atom. The van der Waals surface area contributed by atoms with Gasteiger partial charge < -0.3 is 4.57 Å². The first kappa shape index (κ1) is 23.0. The molecule has 0 aromatic heterocycles. The molecule has 0 saturated carbocycles. The van der Waals surface area contributed by atoms with Gasteiger partial charge in [-0.25, -0.2) is 0 Å². The average Bonchev–Trinajstić information content (AvgIpc) is 2.95. The molecule has 0 unspecified atom stereocenters. The summed E-state index contributed by atoms with van der Waals surface area (Å²) in [6.45, 7) is 3.66. The van der Waals surface area contributed by atoms with E-state index >= 15 is 0 Å². The van der Waals surface area contributed by atoms with Crippen molar-refractivity contribution in [1.29, 1.82) is 0 Å². The van der Waals surface area contributed by atoms with Gasteiger partial charge in [0.25, 0.3) is 0 Å². The smallest absolute Gasteiger partial charge is 0.109 e. The highest BCUT2D eigenvalue weighted by atomic mass is 31.2. The van der Waals surface area contributed by atoms with Crippen LogP contribution in [-0.2, 0) is 4.57 Å². The zero-order valence-corrected chi connectivity index (χ0v) is 22.4. The summed E-state index contributed by atoms with van der Waals surface area (Å²) in [6.07, 6.45) is 0. The summed E-state index contributed by atoms with van der Waals surface area (Å²) in [5.41, 5.74) is 4.89. The third-order valence-corrected chi connectivity index (χ3v) is 9.29. The highest BCUT2D eigenvalue weighted by molar-refractivity contribution is 7.70. The third kappa shape index (κ3) is 3.58. The van der Waals surface area contributed by atoms with E-state index in [1.54, 1.807) is 0 Å². The average molecular weight is 507 g/mol. The second-order valence-electron chi connectivity index (χ2n) is 10.4. The molecule has 7 rings (SSSR count). The van der Waals surface area contributed by atoms with Crippen LogP contribution in [0.4, 0.5) is 0 Å². The molecule has 7 aromatic carbocycles. The van der Waals surface area contributed by atoms with Crippen molar-refractivity contribution in [3.63, 3.8) is 0 Å². The van der Waals surface area contributed by atoms with Gasteiger partial charge in [0.05, 0.1) is 0 Å². The SMILES string of the molecule is CP(C)(=O)c1ccc(-c2c3ccccc3c(-c3cc4ccccc4c4ccccc34)c3ccccc23)cc1. The Hall–Kier alpha value is -4.19. The molecule has 0 aliphatic heterocycles. The van der Waals surface area contributed by atoms with Gasteiger partial charge in [-0.15, -0.1) is 0 Å². The molecule has 182 valence electrons. The third-order valence-electron chi connectivity index (χ3n) is 7.75. The maximum Gasteiger partial charge on any atom is 0.109 e. The number of benzene rings is 7. The maximum atomic E-state index is 12.7. The topological polar surface area (TPSA) is 17.1 Å². The van der Waals surface area contributed by atoms with Crippen LogP contribution >= 0.6 is 7.14 Å². The summed E-state index contributed by atoms with van der Waals surface area (Å²) in [6, 6.07) is 45.7. The molecule has 0 aliphatic carbocycles. The largest absolute Gasteiger partial charge is 0.319 e. The van der Waals surface area contributed by atoms with Crippen molar-refractivity contribution in [1.82, 2.24) is 0 Å². The lowest BCUT2D eigenvalue weighted by Gasteiger charge is -2.20. The van der Waals surface area contributed by atoms with Gasteiger partial charge in [0.2, 0.25) is 0 Å². The van der Waals surface area contributed by atoms with E-state index in [4.69, 9.17) is 0 Å². The molecule has 0 amide bonds. The molecule has 0 atom stereocenters. The Morgan fingerprint density at radius 2 is 0.895 bits per heavy atom. The van der Waals surface area contributed by atoms with Crippen LogP contribution in [0.15, 0.2) is 127 Å². The summed E-state index contributed by atoms with van der Waals surface area (Å²) in [4.78, 5) is 0. The fourth-order valence-electron chi connectivity index (χ4n) is 5.98. The van der Waals surface area contributed by atoms with E-state index in [1.165, 1.54) is 59.8 Å². The van der Waals surface area contributed by atoms with Gasteiger partial charge in [0.1, 0.15) is 7.14 Å². The zero-order chi connectivity index (χ0) is 25.9. The molecular formula is C36H27OP. The van der Waals surface area contributed by atoms with Gasteiger partial charge >= 0.3 is 0 Å². The van der Waals surface area contributed by atoms with Gasteiger partial charge in [-0.05, 0) is 84.7 Å². The van der Waals surface area contributed by atoms with E-state index in [0.29, 0.717) is 0 Å².